The van der Waals surface area contributed by atoms with Crippen LogP contribution in [0, 0.1) is 5.92 Å². The lowest BCUT2D eigenvalue weighted by Crippen LogP contribution is -2.59. The number of rotatable bonds is 5. The van der Waals surface area contributed by atoms with Gasteiger partial charge in [0.25, 0.3) is 0 Å². The van der Waals surface area contributed by atoms with Crippen molar-refractivity contribution in [3.63, 3.8) is 0 Å². The molecule has 4 N–H and O–H groups in total. The van der Waals surface area contributed by atoms with Gasteiger partial charge in [0.1, 0.15) is 5.54 Å². The molecule has 0 aromatic rings. The Morgan fingerprint density at radius 1 is 1.43 bits per heavy atom. The van der Waals surface area contributed by atoms with Gasteiger partial charge in [-0.25, -0.2) is 0 Å². The summed E-state index contributed by atoms with van der Waals surface area (Å²) in [5.41, 5.74) is 5.18. The summed E-state index contributed by atoms with van der Waals surface area (Å²) in [4.78, 5) is 12.2. The van der Waals surface area contributed by atoms with Crippen LogP contribution in [0.15, 0.2) is 5.16 Å². The minimum Gasteiger partial charge on any atom is -0.409 e. The van der Waals surface area contributed by atoms with Gasteiger partial charge in [-0.05, 0) is 50.9 Å². The van der Waals surface area contributed by atoms with E-state index in [1.165, 1.54) is 0 Å². The quantitative estimate of drug-likeness (QED) is 0.312. The second kappa shape index (κ2) is 7.11. The summed E-state index contributed by atoms with van der Waals surface area (Å²) in [6, 6.07) is 0. The van der Waals surface area contributed by atoms with Gasteiger partial charge >= 0.3 is 0 Å². The first-order valence-corrected chi connectivity index (χ1v) is 7.96. The molecule has 0 radical (unpaired) electrons. The number of hydrogen-bond donors (Lipinski definition) is 3. The van der Waals surface area contributed by atoms with Crippen molar-refractivity contribution in [2.45, 2.75) is 69.9 Å². The molecular weight excluding hydrogens is 270 g/mol. The van der Waals surface area contributed by atoms with Crippen LogP contribution >= 0.6 is 0 Å². The first-order chi connectivity index (χ1) is 10.1. The molecule has 2 rings (SSSR count). The number of oxime groups is 1. The van der Waals surface area contributed by atoms with Crippen LogP contribution < -0.4 is 11.1 Å². The minimum absolute atomic E-state index is 0.0355. The van der Waals surface area contributed by atoms with E-state index in [0.717, 1.165) is 51.6 Å². The second-order valence-electron chi connectivity index (χ2n) is 6.47. The molecule has 1 saturated heterocycles. The third-order valence-electron chi connectivity index (χ3n) is 4.82. The van der Waals surface area contributed by atoms with E-state index >= 15 is 0 Å². The molecule has 2 aliphatic rings. The highest BCUT2D eigenvalue weighted by molar-refractivity contribution is 5.94. The van der Waals surface area contributed by atoms with Crippen LogP contribution in [0.4, 0.5) is 0 Å². The molecule has 21 heavy (non-hydrogen) atoms. The lowest BCUT2D eigenvalue weighted by atomic mass is 9.76. The summed E-state index contributed by atoms with van der Waals surface area (Å²) in [6.45, 7) is 2.99. The first kappa shape index (κ1) is 16.1. The molecule has 120 valence electrons. The largest absolute Gasteiger partial charge is 0.409 e. The van der Waals surface area contributed by atoms with Crippen LogP contribution in [0.25, 0.3) is 0 Å². The topological polar surface area (TPSA) is 96.9 Å². The van der Waals surface area contributed by atoms with Gasteiger partial charge in [-0.15, -0.1) is 0 Å². The molecule has 1 amide bonds. The van der Waals surface area contributed by atoms with E-state index in [4.69, 9.17) is 15.7 Å². The molecule has 0 bridgehead atoms. The number of carbonyl (C=O) groups is 1. The summed E-state index contributed by atoms with van der Waals surface area (Å²) in [5, 5.41) is 15.2. The molecule has 1 unspecified atom stereocenters. The third-order valence-corrected chi connectivity index (χ3v) is 4.82. The lowest BCUT2D eigenvalue weighted by Gasteiger charge is -2.39. The van der Waals surface area contributed by atoms with Crippen LogP contribution in [-0.4, -0.2) is 35.2 Å². The average molecular weight is 297 g/mol. The van der Waals surface area contributed by atoms with Crippen LogP contribution in [0.5, 0.6) is 0 Å². The van der Waals surface area contributed by atoms with Crippen LogP contribution in [0.2, 0.25) is 0 Å². The van der Waals surface area contributed by atoms with E-state index in [1.54, 1.807) is 0 Å². The Labute approximate surface area is 126 Å². The molecule has 1 atom stereocenters. The van der Waals surface area contributed by atoms with Gasteiger partial charge in [-0.3, -0.25) is 4.79 Å². The molecule has 1 aliphatic heterocycles. The third kappa shape index (κ3) is 4.09. The van der Waals surface area contributed by atoms with Crippen LogP contribution in [0.3, 0.4) is 0 Å². The van der Waals surface area contributed by atoms with Crippen LogP contribution in [-0.2, 0) is 9.53 Å². The Kier molecular flexibility index (Phi) is 5.45. The predicted octanol–water partition coefficient (Wildman–Crippen LogP) is 1.76. The first-order valence-electron chi connectivity index (χ1n) is 7.96. The molecule has 1 saturated carbocycles. The fraction of sp³-hybridized carbons (Fsp3) is 0.867. The zero-order valence-corrected chi connectivity index (χ0v) is 12.8. The molecular formula is C15H27N3O3. The Hall–Kier alpha value is -1.30. The number of hydrogen-bond acceptors (Lipinski definition) is 4. The number of nitrogens with zero attached hydrogens (tertiary/aromatic N) is 1. The van der Waals surface area contributed by atoms with Gasteiger partial charge in [-0.1, -0.05) is 12.1 Å². The van der Waals surface area contributed by atoms with Crippen molar-refractivity contribution >= 4 is 11.7 Å². The summed E-state index contributed by atoms with van der Waals surface area (Å²) >= 11 is 0. The smallest absolute Gasteiger partial charge is 0.220 e. The van der Waals surface area contributed by atoms with Crippen molar-refractivity contribution in [1.82, 2.24) is 5.32 Å². The number of amides is 1. The highest BCUT2D eigenvalue weighted by Crippen LogP contribution is 2.32. The number of ether oxygens (including phenoxy) is 1. The van der Waals surface area contributed by atoms with Crippen molar-refractivity contribution in [3.8, 4) is 0 Å². The predicted molar refractivity (Wildman–Crippen MR) is 80.1 cm³/mol. The molecule has 2 fully saturated rings. The fourth-order valence-corrected chi connectivity index (χ4v) is 3.29. The summed E-state index contributed by atoms with van der Waals surface area (Å²) in [5.74, 6) is 0.708. The maximum atomic E-state index is 12.2. The van der Waals surface area contributed by atoms with E-state index in [9.17, 15) is 4.79 Å². The van der Waals surface area contributed by atoms with Crippen molar-refractivity contribution in [2.75, 3.05) is 6.61 Å². The highest BCUT2D eigenvalue weighted by atomic mass is 16.5. The number of carbonyl (C=O) groups excluding carboxylic acids is 1. The zero-order valence-electron chi connectivity index (χ0n) is 12.8. The maximum Gasteiger partial charge on any atom is 0.220 e. The SMILES string of the molecule is CC1CCC(NC(=O)CCC2CCCO2)(C(N)=NO)CC1. The van der Waals surface area contributed by atoms with Gasteiger partial charge in [0.2, 0.25) is 5.91 Å². The fourth-order valence-electron chi connectivity index (χ4n) is 3.29. The average Bonchev–Trinajstić information content (AvgIpc) is 3.00. The number of nitrogens with two attached hydrogens (primary N) is 1. The summed E-state index contributed by atoms with van der Waals surface area (Å²) in [7, 11) is 0. The van der Waals surface area contributed by atoms with Crippen molar-refractivity contribution in [3.05, 3.63) is 0 Å². The van der Waals surface area contributed by atoms with Crippen molar-refractivity contribution in [1.29, 1.82) is 0 Å². The van der Waals surface area contributed by atoms with Gasteiger partial charge in [0, 0.05) is 13.0 Å². The van der Waals surface area contributed by atoms with E-state index in [0.29, 0.717) is 12.3 Å². The molecule has 6 heteroatoms. The number of amidine groups is 1. The molecule has 0 aromatic carbocycles. The zero-order chi connectivity index (χ0) is 15.3. The Morgan fingerprint density at radius 3 is 2.71 bits per heavy atom. The highest BCUT2D eigenvalue weighted by Gasteiger charge is 2.39. The standard InChI is InChI=1S/C15H27N3O3/c1-11-6-8-15(9-7-11,14(16)18-20)17-13(19)5-4-12-3-2-10-21-12/h11-12,20H,2-10H2,1H3,(H2,16,18)(H,17,19). The summed E-state index contributed by atoms with van der Waals surface area (Å²) < 4.78 is 5.53. The normalized spacial score (nSPS) is 33.9. The molecule has 0 aromatic heterocycles. The molecule has 1 aliphatic carbocycles. The van der Waals surface area contributed by atoms with Crippen molar-refractivity contribution < 1.29 is 14.7 Å². The van der Waals surface area contributed by atoms with Gasteiger partial charge in [0.15, 0.2) is 5.84 Å². The van der Waals surface area contributed by atoms with E-state index < -0.39 is 5.54 Å². The number of nitrogens with one attached hydrogen (secondary N) is 1. The lowest BCUT2D eigenvalue weighted by molar-refractivity contribution is -0.123. The maximum absolute atomic E-state index is 12.2. The van der Waals surface area contributed by atoms with E-state index in [-0.39, 0.29) is 17.8 Å². The summed E-state index contributed by atoms with van der Waals surface area (Å²) in [6.07, 6.45) is 6.92. The Morgan fingerprint density at radius 2 is 2.14 bits per heavy atom. The molecule has 6 nitrogen and oxygen atoms in total. The minimum atomic E-state index is -0.672. The second-order valence-corrected chi connectivity index (χ2v) is 6.47. The van der Waals surface area contributed by atoms with Crippen LogP contribution in [0.1, 0.15) is 58.3 Å². The van der Waals surface area contributed by atoms with Gasteiger partial charge in [0.05, 0.1) is 6.10 Å². The van der Waals surface area contributed by atoms with E-state index in [1.807, 2.05) is 0 Å². The van der Waals surface area contributed by atoms with E-state index in [2.05, 4.69) is 17.4 Å². The monoisotopic (exact) mass is 297 g/mol. The van der Waals surface area contributed by atoms with Crippen molar-refractivity contribution in [2.24, 2.45) is 16.8 Å². The van der Waals surface area contributed by atoms with Gasteiger partial charge < -0.3 is 21.0 Å². The molecule has 0 spiro atoms. The Bertz CT molecular complexity index is 384. The molecule has 1 heterocycles. The Balaban J connectivity index is 1.90. The van der Waals surface area contributed by atoms with Gasteiger partial charge in [-0.2, -0.15) is 0 Å².